The molecule has 0 spiro atoms. The maximum Gasteiger partial charge on any atom is 0.312 e. The Morgan fingerprint density at radius 1 is 1.47 bits per heavy atom. The van der Waals surface area contributed by atoms with Crippen LogP contribution >= 0.6 is 0 Å². The quantitative estimate of drug-likeness (QED) is 0.836. The summed E-state index contributed by atoms with van der Waals surface area (Å²) in [6.45, 7) is 0.290. The number of carboxylic acids is 1. The normalized spacial score (nSPS) is 12.2. The first-order valence-electron chi connectivity index (χ1n) is 5.14. The number of hydrogen-bond donors (Lipinski definition) is 2. The van der Waals surface area contributed by atoms with Gasteiger partial charge in [-0.1, -0.05) is 12.1 Å². The molecule has 0 aliphatic rings. The Hall–Kier alpha value is -2.30. The van der Waals surface area contributed by atoms with Crippen LogP contribution in [0.15, 0.2) is 43.0 Å². The number of carboxylic acid groups (broad SMARTS) is 1. The summed E-state index contributed by atoms with van der Waals surface area (Å²) in [5, 5.41) is 18.6. The number of aromatic nitrogens is 2. The van der Waals surface area contributed by atoms with Gasteiger partial charge in [-0.05, 0) is 17.7 Å². The summed E-state index contributed by atoms with van der Waals surface area (Å²) in [4.78, 5) is 15.1. The van der Waals surface area contributed by atoms with E-state index in [1.54, 1.807) is 35.4 Å². The number of hydrogen-bond acceptors (Lipinski definition) is 3. The van der Waals surface area contributed by atoms with Gasteiger partial charge in [-0.25, -0.2) is 4.98 Å². The molecule has 88 valence electrons. The molecular weight excluding hydrogens is 220 g/mol. The van der Waals surface area contributed by atoms with Crippen LogP contribution < -0.4 is 0 Å². The lowest BCUT2D eigenvalue weighted by Gasteiger charge is -2.13. The summed E-state index contributed by atoms with van der Waals surface area (Å²) >= 11 is 0. The molecule has 0 aliphatic heterocycles. The number of imidazole rings is 1. The minimum Gasteiger partial charge on any atom is -0.508 e. The van der Waals surface area contributed by atoms with Gasteiger partial charge in [-0.3, -0.25) is 4.79 Å². The Balaban J connectivity index is 2.26. The van der Waals surface area contributed by atoms with E-state index in [1.807, 2.05) is 0 Å². The minimum absolute atomic E-state index is 0.0689. The Morgan fingerprint density at radius 3 is 2.88 bits per heavy atom. The Morgan fingerprint density at radius 2 is 2.29 bits per heavy atom. The van der Waals surface area contributed by atoms with Crippen molar-refractivity contribution in [3.8, 4) is 5.75 Å². The summed E-state index contributed by atoms with van der Waals surface area (Å²) < 4.78 is 1.70. The van der Waals surface area contributed by atoms with Crippen molar-refractivity contribution in [3.05, 3.63) is 48.5 Å². The van der Waals surface area contributed by atoms with Gasteiger partial charge in [-0.2, -0.15) is 0 Å². The van der Waals surface area contributed by atoms with Crippen LogP contribution in [-0.2, 0) is 11.3 Å². The maximum absolute atomic E-state index is 11.2. The SMILES string of the molecule is O=C(O)C(Cn1ccnc1)c1cccc(O)c1. The van der Waals surface area contributed by atoms with E-state index in [2.05, 4.69) is 4.98 Å². The van der Waals surface area contributed by atoms with Crippen molar-refractivity contribution in [3.63, 3.8) is 0 Å². The Kier molecular flexibility index (Phi) is 3.09. The highest BCUT2D eigenvalue weighted by Crippen LogP contribution is 2.22. The van der Waals surface area contributed by atoms with Crippen molar-refractivity contribution in [1.82, 2.24) is 9.55 Å². The maximum atomic E-state index is 11.2. The van der Waals surface area contributed by atoms with Crippen LogP contribution in [0.25, 0.3) is 0 Å². The van der Waals surface area contributed by atoms with E-state index in [4.69, 9.17) is 0 Å². The van der Waals surface area contributed by atoms with Crippen LogP contribution in [0.1, 0.15) is 11.5 Å². The second-order valence-corrected chi connectivity index (χ2v) is 3.75. The van der Waals surface area contributed by atoms with Crippen molar-refractivity contribution in [2.45, 2.75) is 12.5 Å². The second kappa shape index (κ2) is 4.69. The lowest BCUT2D eigenvalue weighted by atomic mass is 9.99. The third-order valence-electron chi connectivity index (χ3n) is 2.52. The number of rotatable bonds is 4. The van der Waals surface area contributed by atoms with Crippen LogP contribution in [0, 0.1) is 0 Å². The van der Waals surface area contributed by atoms with Crippen LogP contribution in [0.4, 0.5) is 0 Å². The van der Waals surface area contributed by atoms with E-state index in [-0.39, 0.29) is 5.75 Å². The highest BCUT2D eigenvalue weighted by molar-refractivity contribution is 5.76. The molecule has 0 saturated carbocycles. The molecule has 1 aromatic heterocycles. The first-order chi connectivity index (χ1) is 8.16. The van der Waals surface area contributed by atoms with Crippen molar-refractivity contribution in [2.75, 3.05) is 0 Å². The van der Waals surface area contributed by atoms with Crippen LogP contribution in [0.5, 0.6) is 5.75 Å². The van der Waals surface area contributed by atoms with Crippen molar-refractivity contribution in [1.29, 1.82) is 0 Å². The molecule has 1 heterocycles. The number of nitrogens with zero attached hydrogens (tertiary/aromatic N) is 2. The monoisotopic (exact) mass is 232 g/mol. The van der Waals surface area contributed by atoms with Crippen molar-refractivity contribution < 1.29 is 15.0 Å². The molecule has 5 heteroatoms. The molecule has 0 bridgehead atoms. The summed E-state index contributed by atoms with van der Waals surface area (Å²) in [6.07, 6.45) is 4.87. The fraction of sp³-hybridized carbons (Fsp3) is 0.167. The zero-order valence-corrected chi connectivity index (χ0v) is 9.02. The van der Waals surface area contributed by atoms with Crippen LogP contribution in [0.2, 0.25) is 0 Å². The van der Waals surface area contributed by atoms with Gasteiger partial charge >= 0.3 is 5.97 Å². The van der Waals surface area contributed by atoms with E-state index in [0.29, 0.717) is 12.1 Å². The standard InChI is InChI=1S/C12H12N2O3/c15-10-3-1-2-9(6-10)11(12(16)17)7-14-5-4-13-8-14/h1-6,8,11,15H,7H2,(H,16,17). The lowest BCUT2D eigenvalue weighted by Crippen LogP contribution is -2.17. The lowest BCUT2D eigenvalue weighted by molar-refractivity contribution is -0.139. The van der Waals surface area contributed by atoms with Gasteiger partial charge in [-0.15, -0.1) is 0 Å². The predicted octanol–water partition coefficient (Wildman–Crippen LogP) is 1.46. The molecule has 1 unspecified atom stereocenters. The minimum atomic E-state index is -0.927. The van der Waals surface area contributed by atoms with Gasteiger partial charge in [0.2, 0.25) is 0 Å². The number of aliphatic carboxylic acids is 1. The molecule has 17 heavy (non-hydrogen) atoms. The molecule has 2 N–H and O–H groups in total. The topological polar surface area (TPSA) is 75.3 Å². The third-order valence-corrected chi connectivity index (χ3v) is 2.52. The molecule has 0 fully saturated rings. The van der Waals surface area contributed by atoms with E-state index in [1.165, 1.54) is 12.1 Å². The molecule has 0 radical (unpaired) electrons. The summed E-state index contributed by atoms with van der Waals surface area (Å²) in [5.74, 6) is -1.56. The average molecular weight is 232 g/mol. The number of aromatic hydroxyl groups is 1. The van der Waals surface area contributed by atoms with Gasteiger partial charge in [0, 0.05) is 18.9 Å². The summed E-state index contributed by atoms with van der Waals surface area (Å²) in [6, 6.07) is 6.30. The number of phenolic OH excluding ortho intramolecular Hbond substituents is 1. The van der Waals surface area contributed by atoms with Gasteiger partial charge in [0.05, 0.1) is 12.2 Å². The molecule has 0 amide bonds. The van der Waals surface area contributed by atoms with Crippen LogP contribution in [0.3, 0.4) is 0 Å². The van der Waals surface area contributed by atoms with Crippen molar-refractivity contribution in [2.24, 2.45) is 0 Å². The van der Waals surface area contributed by atoms with Gasteiger partial charge in [0.15, 0.2) is 0 Å². The van der Waals surface area contributed by atoms with Gasteiger partial charge < -0.3 is 14.8 Å². The summed E-state index contributed by atoms with van der Waals surface area (Å²) in [5.41, 5.74) is 0.575. The fourth-order valence-corrected chi connectivity index (χ4v) is 1.67. The van der Waals surface area contributed by atoms with Gasteiger partial charge in [0.1, 0.15) is 5.75 Å². The molecule has 5 nitrogen and oxygen atoms in total. The van der Waals surface area contributed by atoms with Crippen molar-refractivity contribution >= 4 is 5.97 Å². The highest BCUT2D eigenvalue weighted by atomic mass is 16.4. The van der Waals surface area contributed by atoms with E-state index >= 15 is 0 Å². The number of carbonyl (C=O) groups is 1. The first-order valence-corrected chi connectivity index (χ1v) is 5.14. The Labute approximate surface area is 98.0 Å². The molecule has 1 aromatic carbocycles. The first kappa shape index (κ1) is 11.2. The molecule has 0 saturated heterocycles. The molecule has 2 rings (SSSR count). The molecule has 1 atom stereocenters. The van der Waals surface area contributed by atoms with E-state index < -0.39 is 11.9 Å². The largest absolute Gasteiger partial charge is 0.508 e. The third kappa shape index (κ3) is 2.63. The van der Waals surface area contributed by atoms with E-state index in [9.17, 15) is 15.0 Å². The average Bonchev–Trinajstić information content (AvgIpc) is 2.78. The zero-order chi connectivity index (χ0) is 12.3. The Bertz CT molecular complexity index is 508. The molecule has 2 aromatic rings. The highest BCUT2D eigenvalue weighted by Gasteiger charge is 2.20. The predicted molar refractivity (Wildman–Crippen MR) is 60.7 cm³/mol. The summed E-state index contributed by atoms with van der Waals surface area (Å²) in [7, 11) is 0. The van der Waals surface area contributed by atoms with E-state index in [0.717, 1.165) is 0 Å². The number of benzene rings is 1. The van der Waals surface area contributed by atoms with Crippen LogP contribution in [-0.4, -0.2) is 25.7 Å². The second-order valence-electron chi connectivity index (χ2n) is 3.75. The fourth-order valence-electron chi connectivity index (χ4n) is 1.67. The zero-order valence-electron chi connectivity index (χ0n) is 9.02. The number of phenols is 1. The molecular formula is C12H12N2O3. The van der Waals surface area contributed by atoms with Gasteiger partial charge in [0.25, 0.3) is 0 Å². The smallest absolute Gasteiger partial charge is 0.312 e. The molecule has 0 aliphatic carbocycles.